The van der Waals surface area contributed by atoms with Crippen molar-refractivity contribution < 1.29 is 14.3 Å². The molecule has 2 saturated heterocycles. The summed E-state index contributed by atoms with van der Waals surface area (Å²) in [4.78, 5) is 13.5. The summed E-state index contributed by atoms with van der Waals surface area (Å²) < 4.78 is 10.5. The van der Waals surface area contributed by atoms with Crippen LogP contribution in [0, 0.1) is 5.92 Å². The highest BCUT2D eigenvalue weighted by Crippen LogP contribution is 2.15. The van der Waals surface area contributed by atoms with E-state index in [9.17, 15) is 4.79 Å². The van der Waals surface area contributed by atoms with Crippen molar-refractivity contribution in [2.75, 3.05) is 46.1 Å². The summed E-state index contributed by atoms with van der Waals surface area (Å²) in [5.41, 5.74) is 0. The zero-order chi connectivity index (χ0) is 11.2. The molecule has 0 saturated carbocycles. The number of rotatable bonds is 3. The van der Waals surface area contributed by atoms with Crippen LogP contribution in [0.1, 0.15) is 12.8 Å². The van der Waals surface area contributed by atoms with Gasteiger partial charge in [0.25, 0.3) is 0 Å². The Morgan fingerprint density at radius 1 is 1.25 bits per heavy atom. The minimum Gasteiger partial charge on any atom is -0.381 e. The fourth-order valence-corrected chi connectivity index (χ4v) is 2.07. The summed E-state index contributed by atoms with van der Waals surface area (Å²) in [5, 5.41) is 2.96. The molecule has 0 radical (unpaired) electrons. The number of hydrogen-bond donors (Lipinski definition) is 1. The molecular weight excluding hydrogens is 208 g/mol. The number of urea groups is 1. The fourth-order valence-electron chi connectivity index (χ4n) is 2.07. The number of carbonyl (C=O) groups excluding carboxylic acids is 1. The largest absolute Gasteiger partial charge is 0.381 e. The number of morpholine rings is 1. The lowest BCUT2D eigenvalue weighted by Crippen LogP contribution is -2.46. The SMILES string of the molecule is O=C(NCCC1CCOC1)N1CCOCC1. The van der Waals surface area contributed by atoms with Crippen LogP contribution < -0.4 is 5.32 Å². The van der Waals surface area contributed by atoms with Crippen molar-refractivity contribution in [3.63, 3.8) is 0 Å². The molecule has 0 spiro atoms. The summed E-state index contributed by atoms with van der Waals surface area (Å²) in [6, 6.07) is 0.0437. The first kappa shape index (κ1) is 11.7. The zero-order valence-electron chi connectivity index (χ0n) is 9.61. The van der Waals surface area contributed by atoms with Gasteiger partial charge in [-0.3, -0.25) is 0 Å². The lowest BCUT2D eigenvalue weighted by atomic mass is 10.1. The van der Waals surface area contributed by atoms with Crippen LogP contribution in [0.15, 0.2) is 0 Å². The summed E-state index contributed by atoms with van der Waals surface area (Å²) in [7, 11) is 0. The number of amides is 2. The molecule has 0 bridgehead atoms. The average molecular weight is 228 g/mol. The standard InChI is InChI=1S/C11H20N2O3/c14-11(13-4-7-15-8-5-13)12-3-1-10-2-6-16-9-10/h10H,1-9H2,(H,12,14). The van der Waals surface area contributed by atoms with Gasteiger partial charge in [-0.05, 0) is 18.8 Å². The highest BCUT2D eigenvalue weighted by molar-refractivity contribution is 5.74. The van der Waals surface area contributed by atoms with E-state index in [0.29, 0.717) is 32.2 Å². The lowest BCUT2D eigenvalue weighted by Gasteiger charge is -2.27. The second kappa shape index (κ2) is 6.06. The van der Waals surface area contributed by atoms with E-state index in [4.69, 9.17) is 9.47 Å². The third-order valence-electron chi connectivity index (χ3n) is 3.15. The quantitative estimate of drug-likeness (QED) is 0.763. The predicted octanol–water partition coefficient (Wildman–Crippen LogP) is 0.455. The summed E-state index contributed by atoms with van der Waals surface area (Å²) in [6.07, 6.45) is 2.16. The van der Waals surface area contributed by atoms with Crippen LogP contribution in [0.4, 0.5) is 4.79 Å². The monoisotopic (exact) mass is 228 g/mol. The number of nitrogens with one attached hydrogen (secondary N) is 1. The number of hydrogen-bond acceptors (Lipinski definition) is 3. The molecule has 2 aliphatic rings. The van der Waals surface area contributed by atoms with Crippen molar-refractivity contribution in [3.05, 3.63) is 0 Å². The fraction of sp³-hybridized carbons (Fsp3) is 0.909. The van der Waals surface area contributed by atoms with Gasteiger partial charge in [0, 0.05) is 32.8 Å². The molecule has 5 heteroatoms. The van der Waals surface area contributed by atoms with E-state index in [1.54, 1.807) is 0 Å². The first-order valence-corrected chi connectivity index (χ1v) is 6.04. The zero-order valence-corrected chi connectivity index (χ0v) is 9.61. The second-order valence-corrected chi connectivity index (χ2v) is 4.35. The molecule has 2 fully saturated rings. The molecule has 92 valence electrons. The minimum atomic E-state index is 0.0437. The molecule has 0 aliphatic carbocycles. The highest BCUT2D eigenvalue weighted by Gasteiger charge is 2.18. The third kappa shape index (κ3) is 3.35. The van der Waals surface area contributed by atoms with Crippen LogP contribution in [-0.4, -0.2) is 57.0 Å². The van der Waals surface area contributed by atoms with Crippen LogP contribution >= 0.6 is 0 Å². The maximum atomic E-state index is 11.7. The van der Waals surface area contributed by atoms with E-state index >= 15 is 0 Å². The molecule has 2 amide bonds. The molecule has 0 aromatic rings. The van der Waals surface area contributed by atoms with Gasteiger partial charge >= 0.3 is 6.03 Å². The molecule has 5 nitrogen and oxygen atoms in total. The molecule has 1 unspecified atom stereocenters. The molecule has 0 aromatic carbocycles. The van der Waals surface area contributed by atoms with Crippen LogP contribution in [0.5, 0.6) is 0 Å². The van der Waals surface area contributed by atoms with Crippen molar-refractivity contribution in [2.24, 2.45) is 5.92 Å². The van der Waals surface area contributed by atoms with Crippen LogP contribution in [0.2, 0.25) is 0 Å². The molecule has 1 N–H and O–H groups in total. The Bertz CT molecular complexity index is 223. The molecule has 0 aromatic heterocycles. The third-order valence-corrected chi connectivity index (χ3v) is 3.15. The van der Waals surface area contributed by atoms with Gasteiger partial charge in [-0.1, -0.05) is 0 Å². The van der Waals surface area contributed by atoms with Gasteiger partial charge < -0.3 is 19.7 Å². The van der Waals surface area contributed by atoms with Crippen LogP contribution in [0.3, 0.4) is 0 Å². The Balaban J connectivity index is 1.59. The molecule has 2 aliphatic heterocycles. The molecular formula is C11H20N2O3. The minimum absolute atomic E-state index is 0.0437. The van der Waals surface area contributed by atoms with Crippen molar-refractivity contribution in [1.29, 1.82) is 0 Å². The van der Waals surface area contributed by atoms with Gasteiger partial charge in [-0.25, -0.2) is 4.79 Å². The molecule has 2 heterocycles. The van der Waals surface area contributed by atoms with Crippen LogP contribution in [0.25, 0.3) is 0 Å². The van der Waals surface area contributed by atoms with Gasteiger partial charge in [-0.2, -0.15) is 0 Å². The van der Waals surface area contributed by atoms with Crippen molar-refractivity contribution in [3.8, 4) is 0 Å². The molecule has 1 atom stereocenters. The topological polar surface area (TPSA) is 50.8 Å². The van der Waals surface area contributed by atoms with Gasteiger partial charge in [0.2, 0.25) is 0 Å². The van der Waals surface area contributed by atoms with Crippen molar-refractivity contribution in [1.82, 2.24) is 10.2 Å². The van der Waals surface area contributed by atoms with Gasteiger partial charge in [0.1, 0.15) is 0 Å². The van der Waals surface area contributed by atoms with Crippen molar-refractivity contribution in [2.45, 2.75) is 12.8 Å². The molecule has 2 rings (SSSR count). The van der Waals surface area contributed by atoms with E-state index in [1.807, 2.05) is 4.90 Å². The summed E-state index contributed by atoms with van der Waals surface area (Å²) in [5.74, 6) is 0.630. The normalized spacial score (nSPS) is 25.8. The van der Waals surface area contributed by atoms with E-state index in [0.717, 1.165) is 32.6 Å². The van der Waals surface area contributed by atoms with E-state index < -0.39 is 0 Å². The molecule has 16 heavy (non-hydrogen) atoms. The number of carbonyl (C=O) groups is 1. The summed E-state index contributed by atoms with van der Waals surface area (Å²) in [6.45, 7) is 5.21. The van der Waals surface area contributed by atoms with Gasteiger partial charge in [-0.15, -0.1) is 0 Å². The highest BCUT2D eigenvalue weighted by atomic mass is 16.5. The van der Waals surface area contributed by atoms with Crippen molar-refractivity contribution >= 4 is 6.03 Å². The lowest BCUT2D eigenvalue weighted by molar-refractivity contribution is 0.0531. The Morgan fingerprint density at radius 2 is 2.06 bits per heavy atom. The first-order chi connectivity index (χ1) is 7.86. The maximum absolute atomic E-state index is 11.7. The maximum Gasteiger partial charge on any atom is 0.317 e. The Hall–Kier alpha value is -0.810. The van der Waals surface area contributed by atoms with Gasteiger partial charge in [0.15, 0.2) is 0 Å². The second-order valence-electron chi connectivity index (χ2n) is 4.35. The van der Waals surface area contributed by atoms with E-state index in [2.05, 4.69) is 5.32 Å². The van der Waals surface area contributed by atoms with Gasteiger partial charge in [0.05, 0.1) is 13.2 Å². The first-order valence-electron chi connectivity index (χ1n) is 6.04. The Kier molecular flexibility index (Phi) is 4.42. The number of ether oxygens (including phenoxy) is 2. The Morgan fingerprint density at radius 3 is 2.75 bits per heavy atom. The van der Waals surface area contributed by atoms with E-state index in [1.165, 1.54) is 0 Å². The Labute approximate surface area is 96.1 Å². The van der Waals surface area contributed by atoms with E-state index in [-0.39, 0.29) is 6.03 Å². The average Bonchev–Trinajstić information content (AvgIpc) is 2.83. The van der Waals surface area contributed by atoms with Crippen LogP contribution in [-0.2, 0) is 9.47 Å². The summed E-state index contributed by atoms with van der Waals surface area (Å²) >= 11 is 0. The number of nitrogens with zero attached hydrogens (tertiary/aromatic N) is 1. The smallest absolute Gasteiger partial charge is 0.317 e. The predicted molar refractivity (Wildman–Crippen MR) is 59.3 cm³/mol.